The molecule has 18 heavy (non-hydrogen) atoms. The molecule has 1 atom stereocenters. The van der Waals surface area contributed by atoms with Crippen molar-refractivity contribution in [3.63, 3.8) is 0 Å². The fourth-order valence-corrected chi connectivity index (χ4v) is 2.65. The topological polar surface area (TPSA) is 50.1 Å². The Balaban J connectivity index is 2.08. The first-order chi connectivity index (χ1) is 8.53. The summed E-state index contributed by atoms with van der Waals surface area (Å²) < 4.78 is 1.95. The summed E-state index contributed by atoms with van der Waals surface area (Å²) in [5.74, 6) is 0. The summed E-state index contributed by atoms with van der Waals surface area (Å²) >= 11 is 0. The first-order valence-corrected chi connectivity index (χ1v) is 6.87. The molecule has 1 aliphatic carbocycles. The Kier molecular flexibility index (Phi) is 3.78. The van der Waals surface area contributed by atoms with E-state index in [1.54, 1.807) is 0 Å². The van der Waals surface area contributed by atoms with Crippen molar-refractivity contribution in [3.05, 3.63) is 17.0 Å². The first kappa shape index (κ1) is 13.6. The van der Waals surface area contributed by atoms with Gasteiger partial charge in [0, 0.05) is 42.9 Å². The van der Waals surface area contributed by atoms with E-state index in [1.165, 1.54) is 11.3 Å². The van der Waals surface area contributed by atoms with Gasteiger partial charge in [0.25, 0.3) is 0 Å². The summed E-state index contributed by atoms with van der Waals surface area (Å²) in [6.07, 6.45) is 3.35. The van der Waals surface area contributed by atoms with Gasteiger partial charge in [0.2, 0.25) is 0 Å². The van der Waals surface area contributed by atoms with Crippen LogP contribution >= 0.6 is 0 Å². The Morgan fingerprint density at radius 2 is 2.11 bits per heavy atom. The third kappa shape index (κ3) is 2.45. The lowest BCUT2D eigenvalue weighted by atomic mass is 10.0. The van der Waals surface area contributed by atoms with Crippen LogP contribution in [0, 0.1) is 19.3 Å². The molecule has 2 rings (SSSR count). The van der Waals surface area contributed by atoms with Crippen molar-refractivity contribution in [2.24, 2.45) is 12.5 Å². The summed E-state index contributed by atoms with van der Waals surface area (Å²) in [7, 11) is 1.99. The number of aryl methyl sites for hydroxylation is 2. The molecule has 0 aromatic carbocycles. The second-order valence-corrected chi connectivity index (χ2v) is 5.71. The van der Waals surface area contributed by atoms with Gasteiger partial charge in [-0.25, -0.2) is 0 Å². The zero-order chi connectivity index (χ0) is 13.3. The van der Waals surface area contributed by atoms with E-state index >= 15 is 0 Å². The minimum atomic E-state index is 0.164. The lowest BCUT2D eigenvalue weighted by Gasteiger charge is -2.21. The lowest BCUT2D eigenvalue weighted by Crippen LogP contribution is -2.30. The molecule has 0 amide bonds. The first-order valence-electron chi connectivity index (χ1n) is 6.87. The highest BCUT2D eigenvalue weighted by molar-refractivity contribution is 5.28. The summed E-state index contributed by atoms with van der Waals surface area (Å²) in [5.41, 5.74) is 3.84. The Labute approximate surface area is 109 Å². The van der Waals surface area contributed by atoms with Gasteiger partial charge in [0.05, 0.1) is 5.69 Å². The van der Waals surface area contributed by atoms with Crippen LogP contribution in [-0.2, 0) is 7.05 Å². The van der Waals surface area contributed by atoms with Crippen molar-refractivity contribution < 1.29 is 5.11 Å². The molecule has 102 valence electrons. The van der Waals surface area contributed by atoms with E-state index in [2.05, 4.69) is 31.2 Å². The average Bonchev–Trinajstić information content (AvgIpc) is 3.09. The van der Waals surface area contributed by atoms with Crippen LogP contribution in [0.3, 0.4) is 0 Å². The van der Waals surface area contributed by atoms with Gasteiger partial charge in [0.1, 0.15) is 0 Å². The van der Waals surface area contributed by atoms with Crippen molar-refractivity contribution in [2.75, 3.05) is 13.2 Å². The number of nitrogens with one attached hydrogen (secondary N) is 1. The molecule has 0 aliphatic heterocycles. The molecule has 1 aromatic rings. The molecule has 1 saturated carbocycles. The van der Waals surface area contributed by atoms with Gasteiger partial charge in [-0.1, -0.05) is 6.92 Å². The van der Waals surface area contributed by atoms with Crippen molar-refractivity contribution in [1.82, 2.24) is 15.1 Å². The van der Waals surface area contributed by atoms with Crippen molar-refractivity contribution >= 4 is 0 Å². The summed E-state index contributed by atoms with van der Waals surface area (Å²) in [4.78, 5) is 0. The normalized spacial score (nSPS) is 18.9. The van der Waals surface area contributed by atoms with Gasteiger partial charge in [-0.15, -0.1) is 0 Å². The fraction of sp³-hybridized carbons (Fsp3) is 0.786. The van der Waals surface area contributed by atoms with Crippen LogP contribution < -0.4 is 5.32 Å². The van der Waals surface area contributed by atoms with E-state index in [9.17, 15) is 5.11 Å². The molecule has 1 aromatic heterocycles. The number of aliphatic hydroxyl groups is 1. The maximum Gasteiger partial charge on any atom is 0.0644 e. The average molecular weight is 251 g/mol. The molecule has 0 saturated heterocycles. The van der Waals surface area contributed by atoms with Crippen LogP contribution in [0.4, 0.5) is 0 Å². The van der Waals surface area contributed by atoms with E-state index < -0.39 is 0 Å². The molecular formula is C14H25N3O. The van der Waals surface area contributed by atoms with Crippen LogP contribution in [0.5, 0.6) is 0 Å². The van der Waals surface area contributed by atoms with Crippen molar-refractivity contribution in [2.45, 2.75) is 46.1 Å². The van der Waals surface area contributed by atoms with Gasteiger partial charge in [-0.3, -0.25) is 4.68 Å². The smallest absolute Gasteiger partial charge is 0.0644 e. The summed E-state index contributed by atoms with van der Waals surface area (Å²) in [6, 6.07) is 0.350. The van der Waals surface area contributed by atoms with Crippen molar-refractivity contribution in [1.29, 1.82) is 0 Å². The van der Waals surface area contributed by atoms with Crippen LogP contribution in [0.2, 0.25) is 0 Å². The number of nitrogens with zero attached hydrogens (tertiary/aromatic N) is 2. The molecule has 1 fully saturated rings. The van der Waals surface area contributed by atoms with Gasteiger partial charge < -0.3 is 10.4 Å². The van der Waals surface area contributed by atoms with Gasteiger partial charge in [0.15, 0.2) is 0 Å². The summed E-state index contributed by atoms with van der Waals surface area (Å²) in [6.45, 7) is 7.61. The molecule has 4 heteroatoms. The maximum absolute atomic E-state index is 9.37. The monoisotopic (exact) mass is 251 g/mol. The molecular weight excluding hydrogens is 226 g/mol. The zero-order valence-electron chi connectivity index (χ0n) is 12.0. The van der Waals surface area contributed by atoms with Crippen LogP contribution in [0.25, 0.3) is 0 Å². The van der Waals surface area contributed by atoms with Gasteiger partial charge in [-0.2, -0.15) is 5.10 Å². The third-order valence-corrected chi connectivity index (χ3v) is 4.34. The van der Waals surface area contributed by atoms with E-state index in [0.717, 1.165) is 31.5 Å². The molecule has 0 spiro atoms. The second-order valence-electron chi connectivity index (χ2n) is 5.71. The molecule has 4 nitrogen and oxygen atoms in total. The van der Waals surface area contributed by atoms with Crippen LogP contribution in [0.15, 0.2) is 0 Å². The van der Waals surface area contributed by atoms with Gasteiger partial charge >= 0.3 is 0 Å². The van der Waals surface area contributed by atoms with E-state index in [1.807, 2.05) is 11.7 Å². The SMILES string of the molecule is CCC(NCC1(CO)CC1)c1c(C)nn(C)c1C. The molecule has 1 unspecified atom stereocenters. The van der Waals surface area contributed by atoms with E-state index in [0.29, 0.717) is 12.6 Å². The molecule has 1 aliphatic rings. The largest absolute Gasteiger partial charge is 0.396 e. The zero-order valence-corrected chi connectivity index (χ0v) is 12.0. The van der Waals surface area contributed by atoms with Crippen LogP contribution in [0.1, 0.15) is 49.2 Å². The highest BCUT2D eigenvalue weighted by Crippen LogP contribution is 2.44. The second kappa shape index (κ2) is 5.02. The van der Waals surface area contributed by atoms with E-state index in [-0.39, 0.29) is 5.41 Å². The summed E-state index contributed by atoms with van der Waals surface area (Å²) in [5, 5.41) is 17.5. The Morgan fingerprint density at radius 1 is 1.44 bits per heavy atom. The van der Waals surface area contributed by atoms with Crippen molar-refractivity contribution in [3.8, 4) is 0 Å². The number of rotatable bonds is 6. The minimum Gasteiger partial charge on any atom is -0.396 e. The maximum atomic E-state index is 9.37. The number of aromatic nitrogens is 2. The standard InChI is InChI=1S/C14H25N3O/c1-5-12(15-8-14(9-18)6-7-14)13-10(2)16-17(4)11(13)3/h12,15,18H,5-9H2,1-4H3. The minimum absolute atomic E-state index is 0.164. The Bertz CT molecular complexity index is 421. The van der Waals surface area contributed by atoms with Crippen LogP contribution in [-0.4, -0.2) is 28.0 Å². The van der Waals surface area contributed by atoms with E-state index in [4.69, 9.17) is 0 Å². The Hall–Kier alpha value is -0.870. The molecule has 2 N–H and O–H groups in total. The number of hydrogen-bond donors (Lipinski definition) is 2. The molecule has 0 radical (unpaired) electrons. The fourth-order valence-electron chi connectivity index (χ4n) is 2.65. The third-order valence-electron chi connectivity index (χ3n) is 4.34. The Morgan fingerprint density at radius 3 is 2.50 bits per heavy atom. The predicted molar refractivity (Wildman–Crippen MR) is 72.5 cm³/mol. The number of aliphatic hydroxyl groups excluding tert-OH is 1. The lowest BCUT2D eigenvalue weighted by molar-refractivity contribution is 0.203. The van der Waals surface area contributed by atoms with Gasteiger partial charge in [-0.05, 0) is 33.1 Å². The number of hydrogen-bond acceptors (Lipinski definition) is 3. The molecule has 1 heterocycles. The highest BCUT2D eigenvalue weighted by atomic mass is 16.3. The highest BCUT2D eigenvalue weighted by Gasteiger charge is 2.42. The molecule has 0 bridgehead atoms. The quantitative estimate of drug-likeness (QED) is 0.811. The predicted octanol–water partition coefficient (Wildman–Crippen LogP) is 1.85.